The van der Waals surface area contributed by atoms with Crippen molar-refractivity contribution >= 4 is 10.0 Å². The third kappa shape index (κ3) is 3.06. The lowest BCUT2D eigenvalue weighted by Gasteiger charge is -2.36. The maximum absolute atomic E-state index is 12.9. The standard InChI is InChI=1S/C16H23N5O4S/c1-10-14(12(3)24-18-10)26(22,23)21-8-6-20(7-9-21)11(2)16-17-15(19-25-16)13-4-5-13/h11,13H,4-9H2,1-3H3/t11-/m0/s1. The molecule has 2 aliphatic rings. The summed E-state index contributed by atoms with van der Waals surface area (Å²) < 4.78 is 37.7. The Morgan fingerprint density at radius 3 is 2.35 bits per heavy atom. The first-order valence-electron chi connectivity index (χ1n) is 8.88. The molecule has 26 heavy (non-hydrogen) atoms. The molecule has 1 atom stereocenters. The first kappa shape index (κ1) is 17.6. The summed E-state index contributed by atoms with van der Waals surface area (Å²) in [6.45, 7) is 7.30. The molecule has 1 aliphatic carbocycles. The van der Waals surface area contributed by atoms with Crippen LogP contribution in [0.25, 0.3) is 0 Å². The van der Waals surface area contributed by atoms with Crippen molar-refractivity contribution in [2.45, 2.75) is 50.5 Å². The molecule has 1 saturated carbocycles. The van der Waals surface area contributed by atoms with Gasteiger partial charge in [-0.05, 0) is 33.6 Å². The molecule has 1 aliphatic heterocycles. The fraction of sp³-hybridized carbons (Fsp3) is 0.688. The van der Waals surface area contributed by atoms with Crippen molar-refractivity contribution in [3.63, 3.8) is 0 Å². The van der Waals surface area contributed by atoms with Gasteiger partial charge < -0.3 is 9.05 Å². The molecule has 2 aromatic heterocycles. The van der Waals surface area contributed by atoms with Gasteiger partial charge in [0.05, 0.1) is 6.04 Å². The van der Waals surface area contributed by atoms with E-state index in [1.807, 2.05) is 6.92 Å². The van der Waals surface area contributed by atoms with Gasteiger partial charge in [0.15, 0.2) is 11.6 Å². The van der Waals surface area contributed by atoms with Gasteiger partial charge in [-0.25, -0.2) is 8.42 Å². The third-order valence-corrected chi connectivity index (χ3v) is 7.29. The summed E-state index contributed by atoms with van der Waals surface area (Å²) in [6.07, 6.45) is 2.26. The highest BCUT2D eigenvalue weighted by Gasteiger charge is 2.36. The molecule has 10 heteroatoms. The van der Waals surface area contributed by atoms with Gasteiger partial charge in [-0.15, -0.1) is 0 Å². The summed E-state index contributed by atoms with van der Waals surface area (Å²) in [5.74, 6) is 2.19. The first-order valence-corrected chi connectivity index (χ1v) is 10.3. The van der Waals surface area contributed by atoms with Crippen LogP contribution in [0.3, 0.4) is 0 Å². The molecule has 0 N–H and O–H groups in total. The summed E-state index contributed by atoms with van der Waals surface area (Å²) in [4.78, 5) is 6.86. The number of aromatic nitrogens is 3. The molecule has 2 aromatic rings. The Morgan fingerprint density at radius 1 is 1.08 bits per heavy atom. The molecular weight excluding hydrogens is 358 g/mol. The second-order valence-corrected chi connectivity index (χ2v) is 8.91. The van der Waals surface area contributed by atoms with Crippen LogP contribution in [0, 0.1) is 13.8 Å². The van der Waals surface area contributed by atoms with E-state index in [4.69, 9.17) is 9.05 Å². The largest absolute Gasteiger partial charge is 0.360 e. The third-order valence-electron chi connectivity index (χ3n) is 5.14. The summed E-state index contributed by atoms with van der Waals surface area (Å²) in [6, 6.07) is -0.0288. The van der Waals surface area contributed by atoms with Gasteiger partial charge in [0.2, 0.25) is 15.9 Å². The van der Waals surface area contributed by atoms with Gasteiger partial charge in [0, 0.05) is 32.1 Å². The van der Waals surface area contributed by atoms with E-state index in [9.17, 15) is 8.42 Å². The van der Waals surface area contributed by atoms with E-state index in [2.05, 4.69) is 20.2 Å². The number of hydrogen-bond acceptors (Lipinski definition) is 8. The van der Waals surface area contributed by atoms with E-state index in [1.165, 1.54) is 4.31 Å². The normalized spacial score (nSPS) is 21.2. The zero-order chi connectivity index (χ0) is 18.5. The number of piperazine rings is 1. The fourth-order valence-electron chi connectivity index (χ4n) is 3.38. The van der Waals surface area contributed by atoms with Crippen molar-refractivity contribution in [1.29, 1.82) is 0 Å². The van der Waals surface area contributed by atoms with E-state index in [0.717, 1.165) is 18.7 Å². The van der Waals surface area contributed by atoms with Crippen molar-refractivity contribution < 1.29 is 17.5 Å². The second kappa shape index (κ2) is 6.43. The van der Waals surface area contributed by atoms with Gasteiger partial charge in [0.1, 0.15) is 10.6 Å². The van der Waals surface area contributed by atoms with Crippen LogP contribution in [-0.4, -0.2) is 59.1 Å². The molecule has 0 bridgehead atoms. The number of rotatable bonds is 5. The van der Waals surface area contributed by atoms with Crippen molar-refractivity contribution in [2.24, 2.45) is 0 Å². The maximum atomic E-state index is 12.9. The summed E-state index contributed by atoms with van der Waals surface area (Å²) in [5.41, 5.74) is 0.400. The van der Waals surface area contributed by atoms with Crippen molar-refractivity contribution in [3.05, 3.63) is 23.2 Å². The zero-order valence-corrected chi connectivity index (χ0v) is 16.0. The zero-order valence-electron chi connectivity index (χ0n) is 15.2. The van der Waals surface area contributed by atoms with Gasteiger partial charge in [-0.2, -0.15) is 9.29 Å². The van der Waals surface area contributed by atoms with Crippen LogP contribution in [0.4, 0.5) is 0 Å². The minimum atomic E-state index is -3.59. The van der Waals surface area contributed by atoms with E-state index in [0.29, 0.717) is 49.4 Å². The summed E-state index contributed by atoms with van der Waals surface area (Å²) in [5, 5.41) is 7.83. The number of hydrogen-bond donors (Lipinski definition) is 0. The molecule has 2 fully saturated rings. The second-order valence-electron chi connectivity index (χ2n) is 7.03. The van der Waals surface area contributed by atoms with Crippen molar-refractivity contribution in [2.75, 3.05) is 26.2 Å². The average molecular weight is 381 g/mol. The SMILES string of the molecule is Cc1noc(C)c1S(=O)(=O)N1CCN([C@@H](C)c2nc(C3CC3)no2)CC1. The van der Waals surface area contributed by atoms with Gasteiger partial charge in [0.25, 0.3) is 0 Å². The van der Waals surface area contributed by atoms with E-state index < -0.39 is 10.0 Å². The Kier molecular flexibility index (Phi) is 4.36. The predicted molar refractivity (Wildman–Crippen MR) is 91.0 cm³/mol. The molecule has 0 spiro atoms. The monoisotopic (exact) mass is 381 g/mol. The summed E-state index contributed by atoms with van der Waals surface area (Å²) in [7, 11) is -3.59. The van der Waals surface area contributed by atoms with Crippen LogP contribution >= 0.6 is 0 Å². The van der Waals surface area contributed by atoms with Gasteiger partial charge in [-0.1, -0.05) is 10.3 Å². The lowest BCUT2D eigenvalue weighted by molar-refractivity contribution is 0.124. The number of sulfonamides is 1. The molecule has 0 radical (unpaired) electrons. The van der Waals surface area contributed by atoms with Gasteiger partial charge >= 0.3 is 0 Å². The molecule has 0 unspecified atom stereocenters. The molecular formula is C16H23N5O4S. The van der Waals surface area contributed by atoms with Crippen LogP contribution in [0.2, 0.25) is 0 Å². The molecule has 0 aromatic carbocycles. The maximum Gasteiger partial charge on any atom is 0.248 e. The Labute approximate surface area is 152 Å². The summed E-state index contributed by atoms with van der Waals surface area (Å²) >= 11 is 0. The minimum absolute atomic E-state index is 0.0288. The lowest BCUT2D eigenvalue weighted by atomic mass is 10.2. The first-order chi connectivity index (χ1) is 12.4. The van der Waals surface area contributed by atoms with Crippen LogP contribution in [0.1, 0.15) is 54.9 Å². The smallest absolute Gasteiger partial charge is 0.248 e. The van der Waals surface area contributed by atoms with Crippen molar-refractivity contribution in [1.82, 2.24) is 24.5 Å². The topological polar surface area (TPSA) is 106 Å². The minimum Gasteiger partial charge on any atom is -0.360 e. The highest BCUT2D eigenvalue weighted by atomic mass is 32.2. The highest BCUT2D eigenvalue weighted by Crippen LogP contribution is 2.38. The predicted octanol–water partition coefficient (Wildman–Crippen LogP) is 1.62. The lowest BCUT2D eigenvalue weighted by Crippen LogP contribution is -2.49. The van der Waals surface area contributed by atoms with Crippen LogP contribution < -0.4 is 0 Å². The van der Waals surface area contributed by atoms with Crippen molar-refractivity contribution in [3.8, 4) is 0 Å². The van der Waals surface area contributed by atoms with Crippen LogP contribution in [0.5, 0.6) is 0 Å². The molecule has 0 amide bonds. The van der Waals surface area contributed by atoms with E-state index in [1.54, 1.807) is 13.8 Å². The quantitative estimate of drug-likeness (QED) is 0.769. The molecule has 4 rings (SSSR count). The fourth-order valence-corrected chi connectivity index (χ4v) is 5.10. The highest BCUT2D eigenvalue weighted by molar-refractivity contribution is 7.89. The average Bonchev–Trinajstić information content (AvgIpc) is 3.25. The number of nitrogens with zero attached hydrogens (tertiary/aromatic N) is 5. The Morgan fingerprint density at radius 2 is 1.77 bits per heavy atom. The molecule has 142 valence electrons. The van der Waals surface area contributed by atoms with Gasteiger partial charge in [-0.3, -0.25) is 4.90 Å². The Balaban J connectivity index is 1.43. The molecule has 3 heterocycles. The number of aryl methyl sites for hydroxylation is 2. The van der Waals surface area contributed by atoms with Crippen LogP contribution in [-0.2, 0) is 10.0 Å². The molecule has 1 saturated heterocycles. The Hall–Kier alpha value is -1.78. The van der Waals surface area contributed by atoms with E-state index in [-0.39, 0.29) is 10.9 Å². The van der Waals surface area contributed by atoms with E-state index >= 15 is 0 Å². The molecule has 9 nitrogen and oxygen atoms in total. The van der Waals surface area contributed by atoms with Crippen LogP contribution in [0.15, 0.2) is 13.9 Å². The Bertz CT molecular complexity index is 874.